The molecule has 15 heterocycles. The van der Waals surface area contributed by atoms with Gasteiger partial charge in [-0.25, -0.2) is 0 Å². The van der Waals surface area contributed by atoms with Gasteiger partial charge in [0.05, 0.1) is 46.1 Å². The third-order valence-corrected chi connectivity index (χ3v) is 15.0. The van der Waals surface area contributed by atoms with Crippen LogP contribution in [0, 0.1) is 87.7 Å². The summed E-state index contributed by atoms with van der Waals surface area (Å²) in [5, 5.41) is 69.1. The van der Waals surface area contributed by atoms with Crippen molar-refractivity contribution in [3.63, 3.8) is 0 Å². The summed E-state index contributed by atoms with van der Waals surface area (Å²) < 4.78 is 152. The van der Waals surface area contributed by atoms with E-state index in [9.17, 15) is 52.7 Å². The first-order chi connectivity index (χ1) is 58.3. The Hall–Kier alpha value is -14.2. The van der Waals surface area contributed by atoms with E-state index in [1.807, 2.05) is 101 Å². The van der Waals surface area contributed by atoms with Crippen LogP contribution in [0.2, 0.25) is 0 Å². The van der Waals surface area contributed by atoms with Crippen LogP contribution in [-0.2, 0) is 72.7 Å². The van der Waals surface area contributed by atoms with Gasteiger partial charge in [0.15, 0.2) is 0 Å². The second-order valence-corrected chi connectivity index (χ2v) is 24.1. The molecule has 0 bridgehead atoms. The van der Waals surface area contributed by atoms with Gasteiger partial charge in [0, 0.05) is 102 Å². The van der Waals surface area contributed by atoms with Crippen molar-refractivity contribution >= 4 is 0 Å². The molecule has 18 rings (SSSR count). The van der Waals surface area contributed by atoms with Gasteiger partial charge in [0.1, 0.15) is 11.4 Å². The summed E-state index contributed by atoms with van der Waals surface area (Å²) in [7, 11) is 0. The fraction of sp³-hybridized carbons (Fsp3) is 0.0875. The average molecular weight is 2230 g/mol. The fourth-order valence-electron chi connectivity index (χ4n) is 9.38. The number of alkyl halides is 6. The molecule has 124 heavy (non-hydrogen) atoms. The Bertz CT molecular complexity index is 5540. The molecule has 630 valence electrons. The molecule has 0 saturated carbocycles. The Morgan fingerprint density at radius 1 is 0.266 bits per heavy atom. The van der Waals surface area contributed by atoms with Gasteiger partial charge in [-0.05, 0) is 166 Å². The zero-order chi connectivity index (χ0) is 86.1. The second-order valence-electron chi connectivity index (χ2n) is 24.1. The summed E-state index contributed by atoms with van der Waals surface area (Å²) >= 11 is 0. The zero-order valence-electron chi connectivity index (χ0n) is 64.0. The zero-order valence-corrected chi connectivity index (χ0v) is 71.2. The normalized spacial score (nSPS) is 10.3. The molecule has 0 aliphatic heterocycles. The van der Waals surface area contributed by atoms with Crippen LogP contribution in [0.4, 0.5) is 52.7 Å². The number of benzene rings is 3. The first-order valence-electron chi connectivity index (χ1n) is 34.6. The van der Waals surface area contributed by atoms with Crippen LogP contribution in [0.15, 0.2) is 238 Å². The Kier molecular flexibility index (Phi) is 37.8. The van der Waals surface area contributed by atoms with Crippen molar-refractivity contribution in [2.24, 2.45) is 0 Å². The van der Waals surface area contributed by atoms with Crippen LogP contribution in [0.25, 0.3) is 103 Å². The molecule has 0 aliphatic rings. The molecule has 0 amide bonds. The number of nitrogens with zero attached hydrogens (tertiary/aromatic N) is 29. The van der Waals surface area contributed by atoms with Gasteiger partial charge < -0.3 is 55.7 Å². The molecule has 0 N–H and O–H groups in total. The van der Waals surface area contributed by atoms with Crippen molar-refractivity contribution in [1.29, 1.82) is 0 Å². The van der Waals surface area contributed by atoms with Gasteiger partial charge in [0.25, 0.3) is 0 Å². The smallest absolute Gasteiger partial charge is 0.573 e. The van der Waals surface area contributed by atoms with Gasteiger partial charge in [-0.3, -0.25) is 97.5 Å². The minimum atomic E-state index is -4.46. The molecule has 0 aliphatic carbocycles. The SMILES string of the molecule is Cc1ccnc(-c2[c-]cc(F)cc2F)c1.Cc1ccnc(-c2[c-]cc(F)cc2F)c1.Cc1ccnc(-c2[c-]cc(F)cc2F)c1.Cc1ccnc(-c2cc(C(F)(F)F)n[n-]2)c1.Cc1ccnc(-c2cc(C(F)(F)F)n[n-]2)c1.[Ir+3].[Ir+3].[Ir+3].c1ccc(-c2nnn[n-]2)nc1.c1ccc(-c2nnn[n-]2)nc1.c1ccc(-c2nnn[n-]2)nc1.c1ccc(-c2nnn[n-]2)nc1. The van der Waals surface area contributed by atoms with Gasteiger partial charge in [-0.1, -0.05) is 105 Å². The standard InChI is InChI=1S/3C12H8F2N.2C10H7F3N3.4C6H4N5.3Ir/c3*1-8-4-5-15-12(6-8)10-3-2-9(13)7-11(10)14;2*1-6-2-3-14-7(4-6)8-5-9(16-15-8)10(11,12)13;4*1-2-4-7-5(3-1)6-8-10-11-9-6;;;/h3*2,4-7H,1H3;2*2-5H,1H3;4*1-4H;;;/q9*-1;3*+3. The molecular weight excluding hydrogens is 2170 g/mol. The first-order valence-corrected chi connectivity index (χ1v) is 34.6. The number of pyridine rings is 9. The summed E-state index contributed by atoms with van der Waals surface area (Å²) in [6.07, 6.45) is 5.56. The summed E-state index contributed by atoms with van der Waals surface area (Å²) in [5.74, 6) is -1.99. The monoisotopic (exact) mass is 2230 g/mol. The predicted molar refractivity (Wildman–Crippen MR) is 406 cm³/mol. The van der Waals surface area contributed by atoms with Crippen molar-refractivity contribution in [2.75, 3.05) is 0 Å². The molecule has 3 aromatic carbocycles. The molecule has 15 aromatic heterocycles. The largest absolute Gasteiger partial charge is 3.00 e. The van der Waals surface area contributed by atoms with Crippen molar-refractivity contribution in [3.8, 4) is 103 Å². The Morgan fingerprint density at radius 3 is 0.694 bits per heavy atom. The van der Waals surface area contributed by atoms with Gasteiger partial charge in [-0.15, -0.1) is 36.4 Å². The van der Waals surface area contributed by atoms with Gasteiger partial charge in [0.2, 0.25) is 0 Å². The molecule has 18 aromatic rings. The van der Waals surface area contributed by atoms with E-state index in [1.165, 1.54) is 12.4 Å². The van der Waals surface area contributed by atoms with Gasteiger partial charge in [-0.2, -0.15) is 47.2 Å². The van der Waals surface area contributed by atoms with E-state index in [-0.39, 0.29) is 88.4 Å². The van der Waals surface area contributed by atoms with Crippen molar-refractivity contribution in [3.05, 3.63) is 330 Å². The van der Waals surface area contributed by atoms with E-state index in [4.69, 9.17) is 0 Å². The number of tetrazole rings is 4. The minimum absolute atomic E-state index is 0. The summed E-state index contributed by atoms with van der Waals surface area (Å²) in [6, 6.07) is 54.6. The van der Waals surface area contributed by atoms with Crippen molar-refractivity contribution in [2.45, 2.75) is 47.0 Å². The van der Waals surface area contributed by atoms with Gasteiger partial charge >= 0.3 is 72.7 Å². The molecule has 0 radical (unpaired) electrons. The first kappa shape index (κ1) is 96.9. The van der Waals surface area contributed by atoms with E-state index in [2.05, 4.69) is 166 Å². The maximum absolute atomic E-state index is 13.4. The summed E-state index contributed by atoms with van der Waals surface area (Å²) in [6.45, 7) is 9.30. The molecular formula is C80H54F12Ir3N29. The fourth-order valence-corrected chi connectivity index (χ4v) is 9.38. The molecule has 0 saturated heterocycles. The molecule has 0 spiro atoms. The summed E-state index contributed by atoms with van der Waals surface area (Å²) in [5.41, 5.74) is 8.53. The number of hydrogen-bond donors (Lipinski definition) is 0. The maximum Gasteiger partial charge on any atom is 3.00 e. The third-order valence-electron chi connectivity index (χ3n) is 15.0. The number of halogens is 12. The summed E-state index contributed by atoms with van der Waals surface area (Å²) in [4.78, 5) is 36.0. The van der Waals surface area contributed by atoms with Crippen molar-refractivity contribution < 1.29 is 113 Å². The van der Waals surface area contributed by atoms with E-state index in [0.29, 0.717) is 74.5 Å². The van der Waals surface area contributed by atoms with Crippen LogP contribution in [0.3, 0.4) is 0 Å². The predicted octanol–water partition coefficient (Wildman–Crippen LogP) is 13.8. The topological polar surface area (TPSA) is 381 Å². The van der Waals surface area contributed by atoms with Crippen LogP contribution >= 0.6 is 0 Å². The van der Waals surface area contributed by atoms with Crippen molar-refractivity contribution in [1.82, 2.24) is 148 Å². The van der Waals surface area contributed by atoms with Crippen LogP contribution in [0.5, 0.6) is 0 Å². The Labute approximate surface area is 735 Å². The Morgan fingerprint density at radius 2 is 0.500 bits per heavy atom. The van der Waals surface area contributed by atoms with E-state index >= 15 is 0 Å². The Balaban J connectivity index is 0.000000192. The molecule has 29 nitrogen and oxygen atoms in total. The average Bonchev–Trinajstić information content (AvgIpc) is 1.57. The quantitative estimate of drug-likeness (QED) is 0.0956. The second kappa shape index (κ2) is 48.3. The molecule has 44 heteroatoms. The van der Waals surface area contributed by atoms with E-state index in [1.54, 1.807) is 110 Å². The van der Waals surface area contributed by atoms with E-state index in [0.717, 1.165) is 76.3 Å². The minimum Gasteiger partial charge on any atom is -0.573 e. The van der Waals surface area contributed by atoms with E-state index < -0.39 is 58.6 Å². The molecule has 0 atom stereocenters. The third kappa shape index (κ3) is 30.5. The number of aryl methyl sites for hydroxylation is 5. The molecule has 0 fully saturated rings. The van der Waals surface area contributed by atoms with Crippen LogP contribution in [0.1, 0.15) is 39.2 Å². The number of rotatable bonds is 9. The maximum atomic E-state index is 13.4. The van der Waals surface area contributed by atoms with Crippen LogP contribution in [-0.4, -0.2) is 117 Å². The number of hydrogen-bond acceptors (Lipinski definition) is 23. The number of aromatic nitrogens is 29. The van der Waals surface area contributed by atoms with Crippen LogP contribution < -0.4 is 30.6 Å². The molecule has 0 unspecified atom stereocenters.